The summed E-state index contributed by atoms with van der Waals surface area (Å²) in [6.45, 7) is 2.95. The molecule has 1 amide bonds. The van der Waals surface area contributed by atoms with Crippen LogP contribution in [0.1, 0.15) is 24.1 Å². The number of piperidine rings is 2. The van der Waals surface area contributed by atoms with Gasteiger partial charge in [0.15, 0.2) is 0 Å². The predicted molar refractivity (Wildman–Crippen MR) is 68.9 cm³/mol. The quantitative estimate of drug-likeness (QED) is 0.869. The zero-order valence-electron chi connectivity index (χ0n) is 9.89. The van der Waals surface area contributed by atoms with Crippen LogP contribution in [0, 0.1) is 5.92 Å². The van der Waals surface area contributed by atoms with Gasteiger partial charge in [-0.25, -0.2) is 0 Å². The molecule has 0 radical (unpaired) electrons. The molecule has 1 aromatic heterocycles. The van der Waals surface area contributed by atoms with Gasteiger partial charge in [-0.05, 0) is 43.3 Å². The molecule has 92 valence electrons. The molecule has 0 saturated carbocycles. The summed E-state index contributed by atoms with van der Waals surface area (Å²) in [6, 6.07) is 4.66. The minimum atomic E-state index is 0.349. The average Bonchev–Trinajstić information content (AvgIpc) is 2.86. The maximum Gasteiger partial charge on any atom is 0.223 e. The summed E-state index contributed by atoms with van der Waals surface area (Å²) in [6.07, 6.45) is 2.91. The Hall–Kier alpha value is -0.870. The van der Waals surface area contributed by atoms with Crippen LogP contribution in [-0.4, -0.2) is 29.9 Å². The van der Waals surface area contributed by atoms with E-state index < -0.39 is 0 Å². The molecule has 2 atom stereocenters. The van der Waals surface area contributed by atoms with Crippen molar-refractivity contribution < 1.29 is 4.79 Å². The molecule has 1 N–H and O–H groups in total. The van der Waals surface area contributed by atoms with Crippen molar-refractivity contribution in [2.45, 2.75) is 31.8 Å². The lowest BCUT2D eigenvalue weighted by Gasteiger charge is -2.44. The Morgan fingerprint density at radius 1 is 1.47 bits per heavy atom. The number of rotatable bonds is 2. The summed E-state index contributed by atoms with van der Waals surface area (Å²) >= 11 is 1.75. The fraction of sp³-hybridized carbons (Fsp3) is 0.615. The van der Waals surface area contributed by atoms with Crippen molar-refractivity contribution in [1.29, 1.82) is 0 Å². The standard InChI is InChI=1S/C13H18N2OS/c16-13-4-3-10-8-14-6-5-12(10)15(13)9-11-2-1-7-17-11/h1-2,7,10,12,14H,3-6,8-9H2. The first kappa shape index (κ1) is 11.2. The summed E-state index contributed by atoms with van der Waals surface area (Å²) in [4.78, 5) is 15.5. The Balaban J connectivity index is 1.76. The zero-order valence-corrected chi connectivity index (χ0v) is 10.7. The van der Waals surface area contributed by atoms with Gasteiger partial charge in [-0.2, -0.15) is 0 Å². The Morgan fingerprint density at radius 2 is 2.41 bits per heavy atom. The number of hydrogen-bond donors (Lipinski definition) is 1. The van der Waals surface area contributed by atoms with E-state index in [1.807, 2.05) is 0 Å². The predicted octanol–water partition coefficient (Wildman–Crippen LogP) is 1.85. The van der Waals surface area contributed by atoms with Crippen LogP contribution in [0.25, 0.3) is 0 Å². The molecule has 2 aliphatic heterocycles. The van der Waals surface area contributed by atoms with Gasteiger partial charge in [-0.3, -0.25) is 4.79 Å². The number of hydrogen-bond acceptors (Lipinski definition) is 3. The van der Waals surface area contributed by atoms with Gasteiger partial charge in [0.25, 0.3) is 0 Å². The molecular formula is C13H18N2OS. The van der Waals surface area contributed by atoms with Crippen molar-refractivity contribution in [3.05, 3.63) is 22.4 Å². The maximum absolute atomic E-state index is 12.1. The van der Waals surface area contributed by atoms with E-state index in [2.05, 4.69) is 27.7 Å². The van der Waals surface area contributed by atoms with E-state index in [4.69, 9.17) is 0 Å². The molecular weight excluding hydrogens is 232 g/mol. The van der Waals surface area contributed by atoms with E-state index in [1.165, 1.54) is 4.88 Å². The van der Waals surface area contributed by atoms with Crippen molar-refractivity contribution in [2.24, 2.45) is 5.92 Å². The van der Waals surface area contributed by atoms with Gasteiger partial charge < -0.3 is 10.2 Å². The molecule has 2 aliphatic rings. The molecule has 0 spiro atoms. The maximum atomic E-state index is 12.1. The van der Waals surface area contributed by atoms with Gasteiger partial charge >= 0.3 is 0 Å². The molecule has 17 heavy (non-hydrogen) atoms. The van der Waals surface area contributed by atoms with Crippen LogP contribution in [0.5, 0.6) is 0 Å². The van der Waals surface area contributed by atoms with Crippen LogP contribution in [0.3, 0.4) is 0 Å². The van der Waals surface area contributed by atoms with Crippen LogP contribution in [0.2, 0.25) is 0 Å². The van der Waals surface area contributed by atoms with Gasteiger partial charge in [-0.1, -0.05) is 6.07 Å². The molecule has 3 heterocycles. The molecule has 1 aromatic rings. The molecule has 4 heteroatoms. The minimum absolute atomic E-state index is 0.349. The Bertz CT molecular complexity index is 390. The van der Waals surface area contributed by atoms with Crippen LogP contribution in [0.4, 0.5) is 0 Å². The number of nitrogens with zero attached hydrogens (tertiary/aromatic N) is 1. The smallest absolute Gasteiger partial charge is 0.223 e. The van der Waals surface area contributed by atoms with Crippen molar-refractivity contribution in [1.82, 2.24) is 10.2 Å². The van der Waals surface area contributed by atoms with Crippen LogP contribution < -0.4 is 5.32 Å². The largest absolute Gasteiger partial charge is 0.334 e. The average molecular weight is 250 g/mol. The lowest BCUT2D eigenvalue weighted by Crippen LogP contribution is -2.54. The molecule has 3 rings (SSSR count). The van der Waals surface area contributed by atoms with E-state index >= 15 is 0 Å². The lowest BCUT2D eigenvalue weighted by atomic mass is 9.84. The van der Waals surface area contributed by atoms with E-state index in [0.29, 0.717) is 17.9 Å². The van der Waals surface area contributed by atoms with Crippen LogP contribution in [0.15, 0.2) is 17.5 Å². The third kappa shape index (κ3) is 2.24. The van der Waals surface area contributed by atoms with Gasteiger partial charge in [0, 0.05) is 17.3 Å². The fourth-order valence-corrected chi connectivity index (χ4v) is 3.73. The van der Waals surface area contributed by atoms with E-state index in [0.717, 1.165) is 38.9 Å². The molecule has 2 fully saturated rings. The minimum Gasteiger partial charge on any atom is -0.334 e. The summed E-state index contributed by atoms with van der Waals surface area (Å²) in [5.74, 6) is 1.02. The highest BCUT2D eigenvalue weighted by atomic mass is 32.1. The Kier molecular flexibility index (Phi) is 3.16. The molecule has 2 saturated heterocycles. The normalized spacial score (nSPS) is 29.2. The highest BCUT2D eigenvalue weighted by Gasteiger charge is 2.36. The summed E-state index contributed by atoms with van der Waals surface area (Å²) in [5, 5.41) is 5.53. The van der Waals surface area contributed by atoms with E-state index in [-0.39, 0.29) is 0 Å². The van der Waals surface area contributed by atoms with E-state index in [9.17, 15) is 4.79 Å². The van der Waals surface area contributed by atoms with Gasteiger partial charge in [-0.15, -0.1) is 11.3 Å². The molecule has 3 nitrogen and oxygen atoms in total. The Morgan fingerprint density at radius 3 is 3.24 bits per heavy atom. The first-order valence-corrected chi connectivity index (χ1v) is 7.25. The molecule has 0 aromatic carbocycles. The summed E-state index contributed by atoms with van der Waals surface area (Å²) < 4.78 is 0. The first-order valence-electron chi connectivity index (χ1n) is 6.37. The topological polar surface area (TPSA) is 32.3 Å². The van der Waals surface area contributed by atoms with Gasteiger partial charge in [0.2, 0.25) is 5.91 Å². The summed E-state index contributed by atoms with van der Waals surface area (Å²) in [5.41, 5.74) is 0. The number of amides is 1. The second-order valence-corrected chi connectivity index (χ2v) is 5.99. The van der Waals surface area contributed by atoms with Crippen LogP contribution in [-0.2, 0) is 11.3 Å². The third-order valence-electron chi connectivity index (χ3n) is 3.92. The van der Waals surface area contributed by atoms with Crippen molar-refractivity contribution in [3.63, 3.8) is 0 Å². The molecule has 2 unspecified atom stereocenters. The van der Waals surface area contributed by atoms with Crippen molar-refractivity contribution >= 4 is 17.2 Å². The number of fused-ring (bicyclic) bond motifs is 1. The van der Waals surface area contributed by atoms with Gasteiger partial charge in [0.1, 0.15) is 0 Å². The third-order valence-corrected chi connectivity index (χ3v) is 4.78. The lowest BCUT2D eigenvalue weighted by molar-refractivity contribution is -0.140. The van der Waals surface area contributed by atoms with Crippen molar-refractivity contribution in [3.8, 4) is 0 Å². The molecule has 0 bridgehead atoms. The fourth-order valence-electron chi connectivity index (χ4n) is 3.03. The van der Waals surface area contributed by atoms with Crippen molar-refractivity contribution in [2.75, 3.05) is 13.1 Å². The zero-order chi connectivity index (χ0) is 11.7. The van der Waals surface area contributed by atoms with Crippen LogP contribution >= 0.6 is 11.3 Å². The first-order chi connectivity index (χ1) is 8.34. The highest BCUT2D eigenvalue weighted by molar-refractivity contribution is 7.09. The molecule has 0 aliphatic carbocycles. The number of likely N-dealkylation sites (tertiary alicyclic amines) is 1. The SMILES string of the molecule is O=C1CCC2CNCCC2N1Cc1cccs1. The summed E-state index contributed by atoms with van der Waals surface area (Å²) in [7, 11) is 0. The number of carbonyl (C=O) groups excluding carboxylic acids is 1. The van der Waals surface area contributed by atoms with E-state index in [1.54, 1.807) is 11.3 Å². The number of thiophene rings is 1. The van der Waals surface area contributed by atoms with Gasteiger partial charge in [0.05, 0.1) is 6.54 Å². The number of carbonyl (C=O) groups is 1. The second-order valence-electron chi connectivity index (χ2n) is 4.96. The highest BCUT2D eigenvalue weighted by Crippen LogP contribution is 2.30. The number of nitrogens with one attached hydrogen (secondary N) is 1. The Labute approximate surface area is 106 Å². The monoisotopic (exact) mass is 250 g/mol. The second kappa shape index (κ2) is 4.78.